The minimum atomic E-state index is -0.259. The fourth-order valence-corrected chi connectivity index (χ4v) is 5.45. The number of benzene rings is 1. The standard InChI is InChI=1S/C22H28N6OS2/c1-16-6-7-18(19(14-16)28-10-4-3-5-11-28)25-20(29)26-21-24-15-17(31-21)8-13-30-22-23-9-12-27(22)2/h6-7,9,12,14-15H,3-5,8,10-11,13H2,1-2H3,(H2,24,25,26,29). The fraction of sp³-hybridized carbons (Fsp3) is 0.409. The topological polar surface area (TPSA) is 75.1 Å². The summed E-state index contributed by atoms with van der Waals surface area (Å²) in [6.45, 7) is 4.15. The molecule has 0 atom stereocenters. The summed E-state index contributed by atoms with van der Waals surface area (Å²) in [5, 5.41) is 7.52. The lowest BCUT2D eigenvalue weighted by atomic mass is 10.1. The molecule has 1 aliphatic rings. The number of hydrogen-bond acceptors (Lipinski definition) is 6. The summed E-state index contributed by atoms with van der Waals surface area (Å²) >= 11 is 3.23. The average molecular weight is 457 g/mol. The Morgan fingerprint density at radius 3 is 2.81 bits per heavy atom. The Morgan fingerprint density at radius 2 is 2.03 bits per heavy atom. The Bertz CT molecular complexity index is 1020. The van der Waals surface area contributed by atoms with E-state index in [-0.39, 0.29) is 6.03 Å². The molecule has 1 aromatic carbocycles. The maximum Gasteiger partial charge on any atom is 0.325 e. The highest BCUT2D eigenvalue weighted by atomic mass is 32.2. The van der Waals surface area contributed by atoms with Gasteiger partial charge >= 0.3 is 6.03 Å². The van der Waals surface area contributed by atoms with Crippen LogP contribution in [0.1, 0.15) is 29.7 Å². The van der Waals surface area contributed by atoms with Gasteiger partial charge in [0, 0.05) is 49.4 Å². The number of hydrogen-bond donors (Lipinski definition) is 2. The first kappa shape index (κ1) is 21.7. The molecule has 3 heterocycles. The Morgan fingerprint density at radius 1 is 1.19 bits per heavy atom. The molecular formula is C22H28N6OS2. The number of nitrogens with one attached hydrogen (secondary N) is 2. The fourth-order valence-electron chi connectivity index (χ4n) is 3.61. The zero-order valence-electron chi connectivity index (χ0n) is 17.9. The van der Waals surface area contributed by atoms with Crippen molar-refractivity contribution in [3.63, 3.8) is 0 Å². The predicted molar refractivity (Wildman–Crippen MR) is 130 cm³/mol. The second-order valence-corrected chi connectivity index (χ2v) is 9.88. The van der Waals surface area contributed by atoms with E-state index in [1.54, 1.807) is 18.0 Å². The molecule has 2 amide bonds. The first-order valence-corrected chi connectivity index (χ1v) is 12.4. The van der Waals surface area contributed by atoms with Crippen LogP contribution >= 0.6 is 23.1 Å². The first-order chi connectivity index (χ1) is 15.1. The summed E-state index contributed by atoms with van der Waals surface area (Å²) in [6, 6.07) is 5.91. The zero-order chi connectivity index (χ0) is 21.6. The largest absolute Gasteiger partial charge is 0.370 e. The molecule has 1 aliphatic heterocycles. The van der Waals surface area contributed by atoms with Crippen LogP contribution in [0.25, 0.3) is 0 Å². The van der Waals surface area contributed by atoms with Crippen molar-refractivity contribution in [2.24, 2.45) is 7.05 Å². The van der Waals surface area contributed by atoms with Gasteiger partial charge in [0.25, 0.3) is 0 Å². The number of urea groups is 1. The van der Waals surface area contributed by atoms with E-state index < -0.39 is 0 Å². The number of thiazole rings is 1. The number of aryl methyl sites for hydroxylation is 3. The Kier molecular flexibility index (Phi) is 7.14. The van der Waals surface area contributed by atoms with Crippen molar-refractivity contribution in [3.8, 4) is 0 Å². The van der Waals surface area contributed by atoms with Gasteiger partial charge in [-0.2, -0.15) is 0 Å². The molecule has 0 bridgehead atoms. The lowest BCUT2D eigenvalue weighted by Crippen LogP contribution is -2.31. The lowest BCUT2D eigenvalue weighted by molar-refractivity contribution is 0.262. The molecule has 0 spiro atoms. The SMILES string of the molecule is Cc1ccc(NC(=O)Nc2ncc(CCSc3nccn3C)s2)c(N2CCCCC2)c1. The normalized spacial score (nSPS) is 13.9. The molecule has 3 aromatic rings. The molecule has 1 saturated heterocycles. The van der Waals surface area contributed by atoms with Crippen LogP contribution in [0, 0.1) is 6.92 Å². The summed E-state index contributed by atoms with van der Waals surface area (Å²) in [6.07, 6.45) is 10.1. The van der Waals surface area contributed by atoms with Crippen molar-refractivity contribution >= 4 is 45.6 Å². The third-order valence-electron chi connectivity index (χ3n) is 5.23. The van der Waals surface area contributed by atoms with E-state index in [2.05, 4.69) is 38.5 Å². The van der Waals surface area contributed by atoms with Crippen LogP contribution in [-0.2, 0) is 13.5 Å². The van der Waals surface area contributed by atoms with E-state index in [0.717, 1.165) is 46.7 Å². The van der Waals surface area contributed by atoms with Crippen LogP contribution in [0.4, 0.5) is 21.3 Å². The number of aromatic nitrogens is 3. The molecule has 1 fully saturated rings. The Hall–Kier alpha value is -2.52. The van der Waals surface area contributed by atoms with E-state index in [9.17, 15) is 4.79 Å². The molecule has 4 rings (SSSR count). The van der Waals surface area contributed by atoms with Crippen molar-refractivity contribution in [1.82, 2.24) is 14.5 Å². The van der Waals surface area contributed by atoms with Crippen molar-refractivity contribution in [3.05, 3.63) is 47.2 Å². The Labute approximate surface area is 191 Å². The number of carbonyl (C=O) groups excluding carboxylic acids is 1. The molecule has 31 heavy (non-hydrogen) atoms. The molecular weight excluding hydrogens is 428 g/mol. The summed E-state index contributed by atoms with van der Waals surface area (Å²) in [5.41, 5.74) is 3.13. The van der Waals surface area contributed by atoms with Gasteiger partial charge in [-0.25, -0.2) is 14.8 Å². The minimum absolute atomic E-state index is 0.259. The average Bonchev–Trinajstić information content (AvgIpc) is 3.39. The van der Waals surface area contributed by atoms with Gasteiger partial charge in [-0.1, -0.05) is 17.8 Å². The van der Waals surface area contributed by atoms with Gasteiger partial charge in [-0.3, -0.25) is 5.32 Å². The number of imidazole rings is 1. The summed E-state index contributed by atoms with van der Waals surface area (Å²) in [4.78, 5) is 24.8. The van der Waals surface area contributed by atoms with Gasteiger partial charge in [0.2, 0.25) is 0 Å². The van der Waals surface area contributed by atoms with E-state index in [1.807, 2.05) is 36.1 Å². The predicted octanol–water partition coefficient (Wildman–Crippen LogP) is 5.15. The molecule has 0 saturated carbocycles. The summed E-state index contributed by atoms with van der Waals surface area (Å²) in [7, 11) is 1.99. The number of nitrogens with zero attached hydrogens (tertiary/aromatic N) is 4. The van der Waals surface area contributed by atoms with Gasteiger partial charge in [0.15, 0.2) is 10.3 Å². The number of anilines is 3. The molecule has 2 aromatic heterocycles. The highest BCUT2D eigenvalue weighted by molar-refractivity contribution is 7.99. The van der Waals surface area contributed by atoms with E-state index in [1.165, 1.54) is 36.2 Å². The smallest absolute Gasteiger partial charge is 0.325 e. The van der Waals surface area contributed by atoms with Crippen LogP contribution in [0.15, 0.2) is 41.9 Å². The quantitative estimate of drug-likeness (QED) is 0.481. The first-order valence-electron chi connectivity index (χ1n) is 10.6. The van der Waals surface area contributed by atoms with Crippen LogP contribution < -0.4 is 15.5 Å². The molecule has 9 heteroatoms. The maximum absolute atomic E-state index is 12.6. The molecule has 0 aliphatic carbocycles. The third kappa shape index (κ3) is 5.80. The maximum atomic E-state index is 12.6. The van der Waals surface area contributed by atoms with Crippen molar-refractivity contribution in [1.29, 1.82) is 0 Å². The monoisotopic (exact) mass is 456 g/mol. The highest BCUT2D eigenvalue weighted by Crippen LogP contribution is 2.30. The summed E-state index contributed by atoms with van der Waals surface area (Å²) in [5.74, 6) is 0.918. The number of piperidine rings is 1. The van der Waals surface area contributed by atoms with E-state index >= 15 is 0 Å². The van der Waals surface area contributed by atoms with Crippen molar-refractivity contribution in [2.75, 3.05) is 34.4 Å². The van der Waals surface area contributed by atoms with Gasteiger partial charge < -0.3 is 14.8 Å². The summed E-state index contributed by atoms with van der Waals surface area (Å²) < 4.78 is 2.01. The minimum Gasteiger partial charge on any atom is -0.370 e. The second-order valence-electron chi connectivity index (χ2n) is 7.70. The lowest BCUT2D eigenvalue weighted by Gasteiger charge is -2.30. The highest BCUT2D eigenvalue weighted by Gasteiger charge is 2.16. The molecule has 164 valence electrons. The third-order valence-corrected chi connectivity index (χ3v) is 7.26. The van der Waals surface area contributed by atoms with Crippen molar-refractivity contribution in [2.45, 2.75) is 37.8 Å². The number of carbonyl (C=O) groups is 1. The van der Waals surface area contributed by atoms with Crippen LogP contribution in [0.2, 0.25) is 0 Å². The van der Waals surface area contributed by atoms with Gasteiger partial charge in [0.1, 0.15) is 0 Å². The van der Waals surface area contributed by atoms with E-state index in [4.69, 9.17) is 0 Å². The van der Waals surface area contributed by atoms with E-state index in [0.29, 0.717) is 5.13 Å². The number of rotatable bonds is 7. The number of amides is 2. The van der Waals surface area contributed by atoms with Crippen LogP contribution in [0.5, 0.6) is 0 Å². The van der Waals surface area contributed by atoms with Crippen LogP contribution in [0.3, 0.4) is 0 Å². The molecule has 0 radical (unpaired) electrons. The Balaban J connectivity index is 1.32. The molecule has 7 nitrogen and oxygen atoms in total. The van der Waals surface area contributed by atoms with Gasteiger partial charge in [0.05, 0.1) is 11.4 Å². The van der Waals surface area contributed by atoms with Gasteiger partial charge in [-0.15, -0.1) is 11.3 Å². The second kappa shape index (κ2) is 10.2. The van der Waals surface area contributed by atoms with Gasteiger partial charge in [-0.05, 0) is 50.3 Å². The van der Waals surface area contributed by atoms with Crippen LogP contribution in [-0.4, -0.2) is 39.4 Å². The molecule has 2 N–H and O–H groups in total. The van der Waals surface area contributed by atoms with Crippen molar-refractivity contribution < 1.29 is 4.79 Å². The zero-order valence-corrected chi connectivity index (χ0v) is 19.6. The molecule has 0 unspecified atom stereocenters. The number of thioether (sulfide) groups is 1.